The Hall–Kier alpha value is -5.02. The number of benzene rings is 3. The van der Waals surface area contributed by atoms with E-state index in [1.165, 1.54) is 35.4 Å². The quantitative estimate of drug-likeness (QED) is 0.301. The van der Waals surface area contributed by atoms with Gasteiger partial charge in [-0.1, -0.05) is 12.1 Å². The molecule has 0 unspecified atom stereocenters. The standard InChI is InChI=1S/2C18H21NO4.C8H6O4/c2*1-19-8-7-17-14-10-3-4-12(22-2)15(14)23-16(17)11(20)5-6-18(17,21)13(19)9-10;9-7(10)5-1-2-6(4-3-5)8(11)12/h2*3-4,13,16,21H,5-9H2,1-2H3;1-4H,(H,9,10)(H,11,12)/t2*13-,16+,17+,18-;/m11./s1. The molecule has 4 aliphatic carbocycles. The zero-order valence-electron chi connectivity index (χ0n) is 32.9. The van der Waals surface area contributed by atoms with E-state index in [2.05, 4.69) is 36.0 Å². The van der Waals surface area contributed by atoms with Crippen LogP contribution in [0.5, 0.6) is 23.0 Å². The Bertz CT molecular complexity index is 2100. The van der Waals surface area contributed by atoms with E-state index in [-0.39, 0.29) is 34.8 Å². The lowest BCUT2D eigenvalue weighted by Crippen LogP contribution is -2.76. The highest BCUT2D eigenvalue weighted by Crippen LogP contribution is 2.66. The van der Waals surface area contributed by atoms with Crippen LogP contribution >= 0.6 is 0 Å². The van der Waals surface area contributed by atoms with Gasteiger partial charge in [0.25, 0.3) is 0 Å². The zero-order valence-corrected chi connectivity index (χ0v) is 32.9. The van der Waals surface area contributed by atoms with Crippen LogP contribution in [0.3, 0.4) is 0 Å². The summed E-state index contributed by atoms with van der Waals surface area (Å²) in [4.78, 5) is 50.5. The number of rotatable bonds is 4. The molecule has 4 N–H and O–H groups in total. The minimum Gasteiger partial charge on any atom is -0.493 e. The second-order valence-corrected chi connectivity index (χ2v) is 17.1. The number of nitrogens with zero attached hydrogens (tertiary/aromatic N) is 2. The predicted molar refractivity (Wildman–Crippen MR) is 206 cm³/mol. The van der Waals surface area contributed by atoms with Crippen molar-refractivity contribution in [1.82, 2.24) is 9.80 Å². The van der Waals surface area contributed by atoms with Gasteiger partial charge in [0.1, 0.15) is 0 Å². The van der Waals surface area contributed by atoms with E-state index in [0.717, 1.165) is 49.9 Å². The lowest BCUT2D eigenvalue weighted by Gasteiger charge is -2.62. The van der Waals surface area contributed by atoms with Gasteiger partial charge in [-0.2, -0.15) is 0 Å². The van der Waals surface area contributed by atoms with Crippen LogP contribution in [0.15, 0.2) is 48.5 Å². The molecule has 11 rings (SSSR count). The summed E-state index contributed by atoms with van der Waals surface area (Å²) in [6, 6.07) is 13.1. The van der Waals surface area contributed by atoms with E-state index in [1.807, 2.05) is 12.1 Å². The Morgan fingerprint density at radius 2 is 1.02 bits per heavy atom. The fraction of sp³-hybridized carbons (Fsp3) is 0.500. The number of Topliss-reactive ketones (excluding diaryl/α,β-unsaturated/α-hetero) is 2. The number of aromatic carboxylic acids is 2. The average molecular weight is 797 g/mol. The van der Waals surface area contributed by atoms with Crippen molar-refractivity contribution in [1.29, 1.82) is 0 Å². The van der Waals surface area contributed by atoms with E-state index in [0.29, 0.717) is 48.7 Å². The highest BCUT2D eigenvalue weighted by molar-refractivity contribution is 5.92. The second-order valence-electron chi connectivity index (χ2n) is 17.1. The molecule has 4 heterocycles. The van der Waals surface area contributed by atoms with Crippen molar-refractivity contribution in [3.05, 3.63) is 81.9 Å². The summed E-state index contributed by atoms with van der Waals surface area (Å²) in [5.74, 6) is 0.811. The number of likely N-dealkylation sites (N-methyl/N-ethyl adjacent to an activating group) is 2. The molecule has 0 amide bonds. The van der Waals surface area contributed by atoms with Crippen LogP contribution in [0.25, 0.3) is 0 Å². The highest BCUT2D eigenvalue weighted by Gasteiger charge is 2.74. The summed E-state index contributed by atoms with van der Waals surface area (Å²) >= 11 is 0. The van der Waals surface area contributed by atoms with E-state index in [1.54, 1.807) is 14.2 Å². The maximum absolute atomic E-state index is 12.7. The number of hydrogen-bond donors (Lipinski definition) is 4. The minimum absolute atomic E-state index is 0.0438. The Labute approximate surface area is 335 Å². The van der Waals surface area contributed by atoms with Gasteiger partial charge in [-0.15, -0.1) is 0 Å². The van der Waals surface area contributed by atoms with Crippen molar-refractivity contribution in [3.8, 4) is 23.0 Å². The smallest absolute Gasteiger partial charge is 0.335 e. The molecule has 4 aliphatic heterocycles. The Morgan fingerprint density at radius 3 is 1.36 bits per heavy atom. The number of carbonyl (C=O) groups is 4. The van der Waals surface area contributed by atoms with Crippen LogP contribution in [-0.4, -0.2) is 131 Å². The van der Waals surface area contributed by atoms with Gasteiger partial charge in [0.2, 0.25) is 0 Å². The third kappa shape index (κ3) is 4.91. The number of carboxylic acids is 2. The predicted octanol–water partition coefficient (Wildman–Crippen LogP) is 3.18. The summed E-state index contributed by atoms with van der Waals surface area (Å²) in [6.45, 7) is 1.74. The molecule has 2 saturated heterocycles. The van der Waals surface area contributed by atoms with Crippen LogP contribution in [0, 0.1) is 0 Å². The van der Waals surface area contributed by atoms with Gasteiger partial charge >= 0.3 is 11.9 Å². The van der Waals surface area contributed by atoms with Crippen LogP contribution in [-0.2, 0) is 33.3 Å². The number of carbonyl (C=O) groups excluding carboxylic acids is 2. The van der Waals surface area contributed by atoms with Crippen LogP contribution < -0.4 is 18.9 Å². The monoisotopic (exact) mass is 796 g/mol. The molecule has 2 saturated carbocycles. The fourth-order valence-electron chi connectivity index (χ4n) is 12.1. The highest BCUT2D eigenvalue weighted by atomic mass is 16.5. The molecule has 0 aromatic heterocycles. The van der Waals surface area contributed by atoms with Gasteiger partial charge in [-0.25, -0.2) is 9.59 Å². The zero-order chi connectivity index (χ0) is 41.1. The molecule has 2 spiro atoms. The molecule has 14 heteroatoms. The number of aliphatic hydroxyl groups is 2. The van der Waals surface area contributed by atoms with Crippen molar-refractivity contribution in [3.63, 3.8) is 0 Å². The van der Waals surface area contributed by atoms with Crippen molar-refractivity contribution in [2.75, 3.05) is 41.4 Å². The van der Waals surface area contributed by atoms with Gasteiger partial charge in [0, 0.05) is 36.1 Å². The van der Waals surface area contributed by atoms with Crippen molar-refractivity contribution >= 4 is 23.5 Å². The molecular formula is C44H48N2O12. The van der Waals surface area contributed by atoms with Gasteiger partial charge in [-0.05, 0) is 113 Å². The van der Waals surface area contributed by atoms with Gasteiger partial charge in [0.15, 0.2) is 46.8 Å². The third-order valence-electron chi connectivity index (χ3n) is 14.8. The number of carboxylic acid groups (broad SMARTS) is 2. The lowest BCUT2D eigenvalue weighted by atomic mass is 9.49. The number of ketones is 2. The molecule has 8 atom stereocenters. The summed E-state index contributed by atoms with van der Waals surface area (Å²) in [5, 5.41) is 40.4. The molecule has 3 aromatic rings. The maximum atomic E-state index is 12.7. The molecule has 14 nitrogen and oxygen atoms in total. The second kappa shape index (κ2) is 13.2. The van der Waals surface area contributed by atoms with Gasteiger partial charge < -0.3 is 49.2 Å². The van der Waals surface area contributed by atoms with E-state index in [4.69, 9.17) is 29.2 Å². The Kier molecular flexibility index (Phi) is 8.79. The first-order chi connectivity index (χ1) is 27.7. The first-order valence-electron chi connectivity index (χ1n) is 19.9. The first kappa shape index (κ1) is 38.5. The number of hydrogen-bond acceptors (Lipinski definition) is 12. The summed E-state index contributed by atoms with van der Waals surface area (Å²) < 4.78 is 23.3. The van der Waals surface area contributed by atoms with Crippen molar-refractivity contribution in [2.45, 2.75) is 97.7 Å². The number of piperidine rings is 2. The van der Waals surface area contributed by atoms with E-state index in [9.17, 15) is 29.4 Å². The van der Waals surface area contributed by atoms with Gasteiger partial charge in [0.05, 0.1) is 47.4 Å². The first-order valence-corrected chi connectivity index (χ1v) is 19.9. The normalized spacial score (nSPS) is 34.1. The van der Waals surface area contributed by atoms with Gasteiger partial charge in [-0.3, -0.25) is 9.59 Å². The van der Waals surface area contributed by atoms with Crippen LogP contribution in [0.1, 0.15) is 81.5 Å². The third-order valence-corrected chi connectivity index (χ3v) is 14.8. The topological polar surface area (TPSA) is 193 Å². The maximum Gasteiger partial charge on any atom is 0.335 e. The molecule has 4 bridgehead atoms. The summed E-state index contributed by atoms with van der Waals surface area (Å²) in [5.41, 5.74) is 1.64. The van der Waals surface area contributed by atoms with Crippen molar-refractivity contribution in [2.24, 2.45) is 0 Å². The van der Waals surface area contributed by atoms with E-state index < -0.39 is 46.2 Å². The average Bonchev–Trinajstić information content (AvgIpc) is 3.76. The van der Waals surface area contributed by atoms with E-state index >= 15 is 0 Å². The SMILES string of the molecule is COc1ccc2c3c1O[C@H]1C(=O)CC[C@@]4(O)[C@@H](C2)N(C)CC[C@]314.COc1ccc2c3c1O[C@H]1C(=O)CC[C@@]4(O)[C@@H](C2)N(C)CC[C@]314.O=C(O)c1ccc(C(=O)O)cc1. The Balaban J connectivity index is 0.000000119. The molecule has 306 valence electrons. The molecule has 4 fully saturated rings. The molecule has 58 heavy (non-hydrogen) atoms. The number of methoxy groups -OCH3 is 2. The largest absolute Gasteiger partial charge is 0.493 e. The molecular weight excluding hydrogens is 748 g/mol. The minimum atomic E-state index is -1.06. The Morgan fingerprint density at radius 1 is 0.638 bits per heavy atom. The summed E-state index contributed by atoms with van der Waals surface area (Å²) in [7, 11) is 7.39. The number of likely N-dealkylation sites (tertiary alicyclic amines) is 2. The van der Waals surface area contributed by atoms with Crippen LogP contribution in [0.2, 0.25) is 0 Å². The van der Waals surface area contributed by atoms with Crippen molar-refractivity contribution < 1.29 is 58.6 Å². The molecule has 0 radical (unpaired) electrons. The number of ether oxygens (including phenoxy) is 4. The fourth-order valence-corrected chi connectivity index (χ4v) is 12.1. The molecule has 8 aliphatic rings. The summed E-state index contributed by atoms with van der Waals surface area (Å²) in [6.07, 6.45) is 3.79. The lowest BCUT2D eigenvalue weighted by molar-refractivity contribution is -0.185. The molecule has 3 aromatic carbocycles. The van der Waals surface area contributed by atoms with Crippen LogP contribution in [0.4, 0.5) is 0 Å².